The first-order chi connectivity index (χ1) is 17.8. The highest BCUT2D eigenvalue weighted by atomic mass is 16.6. The molecular weight excluding hydrogens is 466 g/mol. The molecule has 0 spiro atoms. The maximum atomic E-state index is 12.8. The molecule has 2 aromatic carbocycles. The summed E-state index contributed by atoms with van der Waals surface area (Å²) in [5.74, 6) is 2.78. The lowest BCUT2D eigenvalue weighted by Gasteiger charge is -2.30. The second kappa shape index (κ2) is 11.8. The van der Waals surface area contributed by atoms with Crippen molar-refractivity contribution in [2.24, 2.45) is 0 Å². The first kappa shape index (κ1) is 26.8. The van der Waals surface area contributed by atoms with E-state index in [1.54, 1.807) is 13.8 Å². The lowest BCUT2D eigenvalue weighted by atomic mass is 9.76. The minimum atomic E-state index is -1.14. The standard InChI is InChI=1S/C31H39NO5/c1-5-34-29(33)31(4,37-26-12-8-6-9-13-26)22-24-14-16-25(17-15-24)35-21-18-27-23(2)36-28(32-27)30(3)19-10-7-11-20-30/h6,8-9,12-17H,5,7,10-11,18-22H2,1-4H3. The van der Waals surface area contributed by atoms with Gasteiger partial charge in [-0.15, -0.1) is 0 Å². The van der Waals surface area contributed by atoms with Crippen molar-refractivity contribution in [2.45, 2.75) is 83.7 Å². The van der Waals surface area contributed by atoms with Gasteiger partial charge in [0.05, 0.1) is 18.9 Å². The second-order valence-electron chi connectivity index (χ2n) is 10.4. The van der Waals surface area contributed by atoms with Crippen LogP contribution in [0.5, 0.6) is 11.5 Å². The van der Waals surface area contributed by atoms with E-state index in [1.165, 1.54) is 19.3 Å². The molecule has 6 nitrogen and oxygen atoms in total. The number of para-hydroxylation sites is 1. The Morgan fingerprint density at radius 1 is 1.03 bits per heavy atom. The molecule has 0 amide bonds. The van der Waals surface area contributed by atoms with Crippen molar-refractivity contribution >= 4 is 5.97 Å². The van der Waals surface area contributed by atoms with Gasteiger partial charge in [0.25, 0.3) is 0 Å². The van der Waals surface area contributed by atoms with Gasteiger partial charge in [-0.1, -0.05) is 56.5 Å². The minimum Gasteiger partial charge on any atom is -0.493 e. The van der Waals surface area contributed by atoms with Gasteiger partial charge in [0.15, 0.2) is 0 Å². The fourth-order valence-electron chi connectivity index (χ4n) is 5.01. The fraction of sp³-hybridized carbons (Fsp3) is 0.484. The summed E-state index contributed by atoms with van der Waals surface area (Å²) in [7, 11) is 0. The van der Waals surface area contributed by atoms with Gasteiger partial charge in [0.1, 0.15) is 17.3 Å². The average Bonchev–Trinajstić information content (AvgIpc) is 3.27. The summed E-state index contributed by atoms with van der Waals surface area (Å²) in [6.07, 6.45) is 7.13. The number of rotatable bonds is 11. The van der Waals surface area contributed by atoms with Crippen molar-refractivity contribution < 1.29 is 23.4 Å². The highest BCUT2D eigenvalue weighted by molar-refractivity contribution is 5.80. The monoisotopic (exact) mass is 505 g/mol. The van der Waals surface area contributed by atoms with Crippen molar-refractivity contribution in [3.05, 3.63) is 77.5 Å². The Labute approximate surface area is 220 Å². The predicted molar refractivity (Wildman–Crippen MR) is 143 cm³/mol. The number of carbonyl (C=O) groups excluding carboxylic acids is 1. The predicted octanol–water partition coefficient (Wildman–Crippen LogP) is 6.77. The number of hydrogen-bond acceptors (Lipinski definition) is 6. The Hall–Kier alpha value is -3.28. The summed E-state index contributed by atoms with van der Waals surface area (Å²) >= 11 is 0. The number of benzene rings is 2. The molecule has 6 heteroatoms. The average molecular weight is 506 g/mol. The van der Waals surface area contributed by atoms with Gasteiger partial charge in [0, 0.05) is 18.3 Å². The number of nitrogens with zero attached hydrogens (tertiary/aromatic N) is 1. The highest BCUT2D eigenvalue weighted by Gasteiger charge is 2.38. The number of oxazole rings is 1. The van der Waals surface area contributed by atoms with Gasteiger partial charge < -0.3 is 18.6 Å². The van der Waals surface area contributed by atoms with Crippen molar-refractivity contribution in [1.29, 1.82) is 0 Å². The van der Waals surface area contributed by atoms with Crippen LogP contribution in [0.4, 0.5) is 0 Å². The van der Waals surface area contributed by atoms with Crippen LogP contribution in [0.3, 0.4) is 0 Å². The summed E-state index contributed by atoms with van der Waals surface area (Å²) in [6.45, 7) is 8.64. The Morgan fingerprint density at radius 3 is 2.41 bits per heavy atom. The molecule has 0 radical (unpaired) electrons. The lowest BCUT2D eigenvalue weighted by Crippen LogP contribution is -2.45. The second-order valence-corrected chi connectivity index (χ2v) is 10.4. The summed E-state index contributed by atoms with van der Waals surface area (Å²) in [5, 5.41) is 0. The molecule has 37 heavy (non-hydrogen) atoms. The number of aryl methyl sites for hydroxylation is 1. The molecule has 198 valence electrons. The first-order valence-electron chi connectivity index (χ1n) is 13.4. The third kappa shape index (κ3) is 6.73. The molecule has 1 fully saturated rings. The highest BCUT2D eigenvalue weighted by Crippen LogP contribution is 2.39. The third-order valence-electron chi connectivity index (χ3n) is 7.23. The molecule has 1 unspecified atom stereocenters. The topological polar surface area (TPSA) is 70.8 Å². The van der Waals surface area contributed by atoms with E-state index >= 15 is 0 Å². The molecule has 1 aromatic heterocycles. The van der Waals surface area contributed by atoms with Gasteiger partial charge in [-0.25, -0.2) is 9.78 Å². The van der Waals surface area contributed by atoms with Gasteiger partial charge in [-0.05, 0) is 63.4 Å². The Morgan fingerprint density at radius 2 is 1.73 bits per heavy atom. The van der Waals surface area contributed by atoms with E-state index in [1.807, 2.05) is 61.5 Å². The van der Waals surface area contributed by atoms with Crippen LogP contribution in [0.25, 0.3) is 0 Å². The van der Waals surface area contributed by atoms with E-state index in [-0.39, 0.29) is 11.4 Å². The maximum absolute atomic E-state index is 12.8. The molecule has 0 aliphatic heterocycles. The number of esters is 1. The fourth-order valence-corrected chi connectivity index (χ4v) is 5.01. The van der Waals surface area contributed by atoms with Crippen LogP contribution >= 0.6 is 0 Å². The van der Waals surface area contributed by atoms with Crippen molar-refractivity contribution in [3.8, 4) is 11.5 Å². The molecule has 1 saturated carbocycles. The molecule has 1 aliphatic rings. The summed E-state index contributed by atoms with van der Waals surface area (Å²) < 4.78 is 23.5. The molecule has 0 saturated heterocycles. The van der Waals surface area contributed by atoms with Crippen LogP contribution in [0.1, 0.15) is 75.8 Å². The van der Waals surface area contributed by atoms with Crippen molar-refractivity contribution in [2.75, 3.05) is 13.2 Å². The zero-order valence-electron chi connectivity index (χ0n) is 22.5. The Balaban J connectivity index is 1.35. The summed E-state index contributed by atoms with van der Waals surface area (Å²) in [5.41, 5.74) is 0.843. The zero-order chi connectivity index (χ0) is 26.3. The Bertz CT molecular complexity index is 1150. The van der Waals surface area contributed by atoms with Crippen molar-refractivity contribution in [3.63, 3.8) is 0 Å². The number of carbonyl (C=O) groups is 1. The van der Waals surface area contributed by atoms with Crippen molar-refractivity contribution in [1.82, 2.24) is 4.98 Å². The van der Waals surface area contributed by atoms with Gasteiger partial charge in [-0.2, -0.15) is 0 Å². The molecule has 1 atom stereocenters. The molecule has 1 heterocycles. The largest absolute Gasteiger partial charge is 0.493 e. The van der Waals surface area contributed by atoms with Crippen LogP contribution in [0.2, 0.25) is 0 Å². The Kier molecular flexibility index (Phi) is 8.57. The lowest BCUT2D eigenvalue weighted by molar-refractivity contribution is -0.160. The molecule has 3 aromatic rings. The van der Waals surface area contributed by atoms with E-state index < -0.39 is 5.60 Å². The van der Waals surface area contributed by atoms with Gasteiger partial charge in [0.2, 0.25) is 11.5 Å². The summed E-state index contributed by atoms with van der Waals surface area (Å²) in [6, 6.07) is 17.1. The van der Waals surface area contributed by atoms with Crippen LogP contribution in [0.15, 0.2) is 59.0 Å². The van der Waals surface area contributed by atoms with Crippen LogP contribution < -0.4 is 9.47 Å². The zero-order valence-corrected chi connectivity index (χ0v) is 22.5. The maximum Gasteiger partial charge on any atom is 0.350 e. The van der Waals surface area contributed by atoms with Crippen LogP contribution in [-0.2, 0) is 27.8 Å². The van der Waals surface area contributed by atoms with Crippen LogP contribution in [-0.4, -0.2) is 29.8 Å². The number of ether oxygens (including phenoxy) is 3. The molecule has 4 rings (SSSR count). The van der Waals surface area contributed by atoms with Gasteiger partial charge in [-0.3, -0.25) is 0 Å². The van der Waals surface area contributed by atoms with E-state index in [4.69, 9.17) is 23.6 Å². The van der Waals surface area contributed by atoms with Crippen LogP contribution in [0, 0.1) is 6.92 Å². The number of aromatic nitrogens is 1. The molecule has 0 bridgehead atoms. The van der Waals surface area contributed by atoms with E-state index in [9.17, 15) is 4.79 Å². The van der Waals surface area contributed by atoms with E-state index in [2.05, 4.69) is 6.92 Å². The summed E-state index contributed by atoms with van der Waals surface area (Å²) in [4.78, 5) is 17.6. The molecule has 1 aliphatic carbocycles. The van der Waals surface area contributed by atoms with E-state index in [0.29, 0.717) is 31.8 Å². The quantitative estimate of drug-likeness (QED) is 0.268. The molecule has 0 N–H and O–H groups in total. The normalized spacial score (nSPS) is 16.5. The number of hydrogen-bond donors (Lipinski definition) is 0. The third-order valence-corrected chi connectivity index (χ3v) is 7.23. The van der Waals surface area contributed by atoms with E-state index in [0.717, 1.165) is 41.5 Å². The molecular formula is C31H39NO5. The minimum absolute atomic E-state index is 0.0558. The smallest absolute Gasteiger partial charge is 0.350 e. The van der Waals surface area contributed by atoms with Gasteiger partial charge >= 0.3 is 5.97 Å². The SMILES string of the molecule is CCOC(=O)C(C)(Cc1ccc(OCCc2nc(C3(C)CCCCC3)oc2C)cc1)Oc1ccccc1. The first-order valence-corrected chi connectivity index (χ1v) is 13.4.